The number of H-pyrrole nitrogens is 2. The van der Waals surface area contributed by atoms with Gasteiger partial charge in [0.1, 0.15) is 15.3 Å². The summed E-state index contributed by atoms with van der Waals surface area (Å²) in [4.78, 5) is 13.6. The highest BCUT2D eigenvalue weighted by Gasteiger charge is 1.98. The van der Waals surface area contributed by atoms with Gasteiger partial charge in [-0.15, -0.1) is 12.6 Å². The number of nitrogens with zero attached hydrogens (tertiary/aromatic N) is 1. The van der Waals surface area contributed by atoms with Crippen molar-refractivity contribution in [1.29, 1.82) is 0 Å². The maximum absolute atomic E-state index is 10.9. The van der Waals surface area contributed by atoms with Crippen LogP contribution in [-0.4, -0.2) is 14.6 Å². The van der Waals surface area contributed by atoms with Gasteiger partial charge in [0.15, 0.2) is 0 Å². The summed E-state index contributed by atoms with van der Waals surface area (Å²) in [5.41, 5.74) is 0.437. The molecule has 0 spiro atoms. The van der Waals surface area contributed by atoms with E-state index in [-0.39, 0.29) is 5.56 Å². The molecule has 2 rings (SSSR count). The lowest BCUT2D eigenvalue weighted by Gasteiger charge is -1.95. The summed E-state index contributed by atoms with van der Waals surface area (Å²) in [6, 6.07) is 3.04. The topological polar surface area (TPSA) is 53.1 Å². The maximum Gasteiger partial charge on any atom is 0.252 e. The Morgan fingerprint density at radius 2 is 2.25 bits per heavy atom. The predicted octanol–water partition coefficient (Wildman–Crippen LogP) is 0.974. The van der Waals surface area contributed by atoms with Gasteiger partial charge in [-0.1, -0.05) is 12.2 Å². The van der Waals surface area contributed by atoms with Crippen LogP contribution in [0.15, 0.2) is 22.0 Å². The number of nitrogens with one attached hydrogen (secondary N) is 2. The fourth-order valence-corrected chi connectivity index (χ4v) is 1.49. The first-order valence-corrected chi connectivity index (χ1v) is 4.06. The van der Waals surface area contributed by atoms with E-state index in [0.717, 1.165) is 0 Å². The minimum absolute atomic E-state index is 0.186. The lowest BCUT2D eigenvalue weighted by Crippen LogP contribution is -2.07. The second kappa shape index (κ2) is 2.49. The number of hydrogen-bond donors (Lipinski definition) is 3. The van der Waals surface area contributed by atoms with E-state index in [1.807, 2.05) is 0 Å². The normalized spacial score (nSPS) is 10.8. The van der Waals surface area contributed by atoms with E-state index >= 15 is 0 Å². The number of rotatable bonds is 0. The lowest BCUT2D eigenvalue weighted by atomic mass is 10.6. The molecule has 0 radical (unpaired) electrons. The highest BCUT2D eigenvalue weighted by Crippen LogP contribution is 2.04. The Bertz CT molecular complexity index is 535. The van der Waals surface area contributed by atoms with Crippen molar-refractivity contribution in [3.05, 3.63) is 27.1 Å². The first-order chi connectivity index (χ1) is 5.66. The Labute approximate surface area is 77.6 Å². The zero-order valence-corrected chi connectivity index (χ0v) is 7.58. The minimum Gasteiger partial charge on any atom is -0.307 e. The number of hydrogen-bond acceptors (Lipinski definition) is 3. The van der Waals surface area contributed by atoms with Crippen LogP contribution in [0.2, 0.25) is 0 Å². The van der Waals surface area contributed by atoms with E-state index in [4.69, 9.17) is 12.2 Å². The summed E-state index contributed by atoms with van der Waals surface area (Å²) < 4.78 is 2.17. The molecule has 0 aromatic carbocycles. The van der Waals surface area contributed by atoms with Crippen molar-refractivity contribution >= 4 is 30.5 Å². The zero-order valence-electron chi connectivity index (χ0n) is 5.87. The van der Waals surface area contributed by atoms with Crippen molar-refractivity contribution in [2.75, 3.05) is 0 Å². The molecule has 0 aliphatic rings. The zero-order chi connectivity index (χ0) is 8.72. The van der Waals surface area contributed by atoms with E-state index < -0.39 is 0 Å². The molecule has 4 nitrogen and oxygen atoms in total. The Morgan fingerprint density at radius 3 is 3.00 bits per heavy atom. The van der Waals surface area contributed by atoms with Gasteiger partial charge in [0.2, 0.25) is 0 Å². The van der Waals surface area contributed by atoms with Gasteiger partial charge >= 0.3 is 0 Å². The van der Waals surface area contributed by atoms with E-state index in [2.05, 4.69) is 22.7 Å². The van der Waals surface area contributed by atoms with E-state index in [1.54, 1.807) is 10.6 Å². The van der Waals surface area contributed by atoms with E-state index in [9.17, 15) is 4.79 Å². The van der Waals surface area contributed by atoms with Crippen molar-refractivity contribution in [1.82, 2.24) is 14.6 Å². The van der Waals surface area contributed by atoms with Gasteiger partial charge in [-0.2, -0.15) is 0 Å². The molecular weight excluding hydrogens is 194 g/mol. The van der Waals surface area contributed by atoms with Crippen LogP contribution >= 0.6 is 24.8 Å². The quantitative estimate of drug-likeness (QED) is 0.336. The molecular formula is C6H5N3OS2. The van der Waals surface area contributed by atoms with Crippen molar-refractivity contribution in [3.63, 3.8) is 0 Å². The second-order valence-corrected chi connectivity index (χ2v) is 3.23. The average molecular weight is 199 g/mol. The molecule has 0 aliphatic heterocycles. The Balaban J connectivity index is 3.07. The molecule has 12 heavy (non-hydrogen) atoms. The molecule has 0 fully saturated rings. The summed E-state index contributed by atoms with van der Waals surface area (Å²) >= 11 is 8.98. The molecule has 2 heterocycles. The van der Waals surface area contributed by atoms with Crippen LogP contribution in [0.5, 0.6) is 0 Å². The third-order valence-electron chi connectivity index (χ3n) is 1.47. The van der Waals surface area contributed by atoms with Gasteiger partial charge in [0.25, 0.3) is 5.56 Å². The molecule has 0 unspecified atom stereocenters. The lowest BCUT2D eigenvalue weighted by molar-refractivity contribution is 0.834. The fraction of sp³-hybridized carbons (Fsp3) is 0. The van der Waals surface area contributed by atoms with Crippen molar-refractivity contribution in [2.24, 2.45) is 0 Å². The highest BCUT2D eigenvalue weighted by molar-refractivity contribution is 7.80. The van der Waals surface area contributed by atoms with E-state index in [1.165, 1.54) is 6.07 Å². The van der Waals surface area contributed by atoms with Crippen LogP contribution in [0.25, 0.3) is 5.65 Å². The molecule has 0 bridgehead atoms. The van der Waals surface area contributed by atoms with Gasteiger partial charge in [-0.3, -0.25) is 9.89 Å². The smallest absolute Gasteiger partial charge is 0.252 e. The fourth-order valence-electron chi connectivity index (χ4n) is 1.01. The molecule has 2 aromatic heterocycles. The predicted molar refractivity (Wildman–Crippen MR) is 50.5 cm³/mol. The minimum atomic E-state index is -0.186. The SMILES string of the molecule is O=c1cc(S)n2[nH]c(=S)cc2[nH]1. The second-order valence-electron chi connectivity index (χ2n) is 2.33. The first-order valence-electron chi connectivity index (χ1n) is 3.21. The van der Waals surface area contributed by atoms with Gasteiger partial charge in [0, 0.05) is 12.1 Å². The molecule has 6 heteroatoms. The third-order valence-corrected chi connectivity index (χ3v) is 2.01. The van der Waals surface area contributed by atoms with Gasteiger partial charge in [0.05, 0.1) is 0 Å². The number of thiol groups is 1. The molecule has 0 amide bonds. The third kappa shape index (κ3) is 1.09. The number of fused-ring (bicyclic) bond motifs is 1. The van der Waals surface area contributed by atoms with Gasteiger partial charge < -0.3 is 4.98 Å². The molecule has 0 atom stereocenters. The van der Waals surface area contributed by atoms with Crippen molar-refractivity contribution in [2.45, 2.75) is 5.03 Å². The maximum atomic E-state index is 10.9. The van der Waals surface area contributed by atoms with Crippen LogP contribution in [0, 0.1) is 4.64 Å². The molecule has 2 N–H and O–H groups in total. The first kappa shape index (κ1) is 7.63. The van der Waals surface area contributed by atoms with Crippen LogP contribution in [-0.2, 0) is 0 Å². The monoisotopic (exact) mass is 199 g/mol. The Morgan fingerprint density at radius 1 is 1.50 bits per heavy atom. The molecule has 0 saturated carbocycles. The van der Waals surface area contributed by atoms with E-state index in [0.29, 0.717) is 15.3 Å². The van der Waals surface area contributed by atoms with Crippen molar-refractivity contribution in [3.8, 4) is 0 Å². The largest absolute Gasteiger partial charge is 0.307 e. The highest BCUT2D eigenvalue weighted by atomic mass is 32.1. The number of aromatic amines is 2. The van der Waals surface area contributed by atoms with Crippen LogP contribution < -0.4 is 5.56 Å². The molecule has 2 aromatic rings. The molecule has 62 valence electrons. The van der Waals surface area contributed by atoms with Crippen LogP contribution in [0.3, 0.4) is 0 Å². The van der Waals surface area contributed by atoms with Gasteiger partial charge in [-0.05, 0) is 0 Å². The summed E-state index contributed by atoms with van der Waals surface area (Å²) in [7, 11) is 0. The Hall–Kier alpha value is -1.01. The Kier molecular flexibility index (Phi) is 1.59. The molecule has 0 saturated heterocycles. The van der Waals surface area contributed by atoms with Crippen LogP contribution in [0.1, 0.15) is 0 Å². The van der Waals surface area contributed by atoms with Gasteiger partial charge in [-0.25, -0.2) is 4.52 Å². The standard InChI is InChI=1S/C6H5N3OS2/c10-4-2-6(12)9-3(7-4)1-5(11)8-9/h1-2,12H,(H,7,10)(H,8,11). The molecule has 0 aliphatic carbocycles. The van der Waals surface area contributed by atoms with Crippen LogP contribution in [0.4, 0.5) is 0 Å². The number of aromatic nitrogens is 3. The summed E-state index contributed by atoms with van der Waals surface area (Å²) in [6.45, 7) is 0. The summed E-state index contributed by atoms with van der Waals surface area (Å²) in [6.07, 6.45) is 0. The average Bonchev–Trinajstić information content (AvgIpc) is 2.29. The summed E-state index contributed by atoms with van der Waals surface area (Å²) in [5, 5.41) is 3.37. The summed E-state index contributed by atoms with van der Waals surface area (Å²) in [5.74, 6) is 0. The van der Waals surface area contributed by atoms with Crippen molar-refractivity contribution < 1.29 is 0 Å².